The minimum atomic E-state index is -0.535. The zero-order chi connectivity index (χ0) is 19.0. The Morgan fingerprint density at radius 1 is 1.16 bits per heavy atom. The highest BCUT2D eigenvalue weighted by molar-refractivity contribution is 6.04. The van der Waals surface area contributed by atoms with Gasteiger partial charge in [0, 0.05) is 18.6 Å². The van der Waals surface area contributed by atoms with E-state index in [1.165, 1.54) is 0 Å². The van der Waals surface area contributed by atoms with E-state index in [9.17, 15) is 14.7 Å². The van der Waals surface area contributed by atoms with Crippen molar-refractivity contribution in [3.63, 3.8) is 0 Å². The first-order valence-corrected chi connectivity index (χ1v) is 8.94. The number of aliphatic hydroxyl groups is 1. The van der Waals surface area contributed by atoms with E-state index in [0.29, 0.717) is 30.1 Å². The van der Waals surface area contributed by atoms with E-state index in [1.54, 1.807) is 24.3 Å². The fourth-order valence-corrected chi connectivity index (χ4v) is 2.58. The number of hydrogen-bond donors (Lipinski definition) is 3. The summed E-state index contributed by atoms with van der Waals surface area (Å²) in [4.78, 5) is 24.8. The Bertz CT molecular complexity index is 577. The Morgan fingerprint density at radius 3 is 2.36 bits per heavy atom. The Labute approximate surface area is 151 Å². The van der Waals surface area contributed by atoms with Crippen molar-refractivity contribution in [2.24, 2.45) is 17.3 Å². The molecule has 1 aromatic rings. The summed E-state index contributed by atoms with van der Waals surface area (Å²) >= 11 is 0. The monoisotopic (exact) mass is 348 g/mol. The zero-order valence-corrected chi connectivity index (χ0v) is 16.1. The van der Waals surface area contributed by atoms with Crippen LogP contribution in [-0.4, -0.2) is 30.1 Å². The van der Waals surface area contributed by atoms with Crippen LogP contribution in [0, 0.1) is 17.3 Å². The van der Waals surface area contributed by atoms with Crippen LogP contribution in [0.3, 0.4) is 0 Å². The average Bonchev–Trinajstić information content (AvgIpc) is 2.51. The fraction of sp³-hybridized carbons (Fsp3) is 0.600. The molecule has 0 heterocycles. The van der Waals surface area contributed by atoms with Crippen molar-refractivity contribution in [2.45, 2.75) is 47.5 Å². The van der Waals surface area contributed by atoms with Crippen molar-refractivity contribution in [3.05, 3.63) is 29.8 Å². The van der Waals surface area contributed by atoms with Gasteiger partial charge in [0.2, 0.25) is 5.91 Å². The zero-order valence-electron chi connectivity index (χ0n) is 16.1. The first kappa shape index (κ1) is 21.2. The number of aliphatic hydroxyl groups excluding tert-OH is 1. The molecule has 25 heavy (non-hydrogen) atoms. The van der Waals surface area contributed by atoms with E-state index in [0.717, 1.165) is 6.42 Å². The number of rotatable bonds is 8. The largest absolute Gasteiger partial charge is 0.396 e. The molecule has 0 fully saturated rings. The average molecular weight is 348 g/mol. The maximum atomic E-state index is 12.6. The summed E-state index contributed by atoms with van der Waals surface area (Å²) < 4.78 is 0. The van der Waals surface area contributed by atoms with Crippen LogP contribution in [0.5, 0.6) is 0 Å². The minimum Gasteiger partial charge on any atom is -0.396 e. The van der Waals surface area contributed by atoms with E-state index in [4.69, 9.17) is 0 Å². The number of nitrogens with one attached hydrogen (secondary N) is 2. The summed E-state index contributed by atoms with van der Waals surface area (Å²) in [5, 5.41) is 15.0. The molecule has 5 heteroatoms. The first-order chi connectivity index (χ1) is 11.6. The maximum absolute atomic E-state index is 12.6. The molecule has 5 nitrogen and oxygen atoms in total. The predicted molar refractivity (Wildman–Crippen MR) is 102 cm³/mol. The second kappa shape index (κ2) is 9.56. The van der Waals surface area contributed by atoms with Crippen molar-refractivity contribution < 1.29 is 14.7 Å². The van der Waals surface area contributed by atoms with E-state index >= 15 is 0 Å². The highest BCUT2D eigenvalue weighted by Gasteiger charge is 2.23. The lowest BCUT2D eigenvalue weighted by molar-refractivity contribution is -0.123. The van der Waals surface area contributed by atoms with Crippen LogP contribution in [0.25, 0.3) is 0 Å². The Morgan fingerprint density at radius 2 is 1.80 bits per heavy atom. The summed E-state index contributed by atoms with van der Waals surface area (Å²) in [6.07, 6.45) is 1.62. The number of carbonyl (C=O) groups excluding carboxylic acids is 2. The van der Waals surface area contributed by atoms with Crippen LogP contribution in [-0.2, 0) is 4.79 Å². The highest BCUT2D eigenvalue weighted by atomic mass is 16.3. The molecular formula is C20H32N2O3. The van der Waals surface area contributed by atoms with Gasteiger partial charge in [-0.25, -0.2) is 0 Å². The SMILES string of the molecule is CC(C)CC(CCO)CNC(=O)c1ccccc1NC(=O)C(C)(C)C. The lowest BCUT2D eigenvalue weighted by atomic mass is 9.94. The summed E-state index contributed by atoms with van der Waals surface area (Å²) in [6, 6.07) is 7.01. The summed E-state index contributed by atoms with van der Waals surface area (Å²) in [5.74, 6) is 0.402. The molecule has 0 aliphatic carbocycles. The molecule has 0 aliphatic heterocycles. The van der Waals surface area contributed by atoms with Crippen LogP contribution in [0.2, 0.25) is 0 Å². The van der Waals surface area contributed by atoms with Crippen molar-refractivity contribution in [1.29, 1.82) is 0 Å². The van der Waals surface area contributed by atoms with Crippen molar-refractivity contribution in [2.75, 3.05) is 18.5 Å². The van der Waals surface area contributed by atoms with E-state index in [-0.39, 0.29) is 24.3 Å². The normalized spacial score (nSPS) is 12.8. The quantitative estimate of drug-likeness (QED) is 0.673. The maximum Gasteiger partial charge on any atom is 0.253 e. The van der Waals surface area contributed by atoms with E-state index < -0.39 is 5.41 Å². The topological polar surface area (TPSA) is 78.4 Å². The summed E-state index contributed by atoms with van der Waals surface area (Å²) in [6.45, 7) is 10.4. The van der Waals surface area contributed by atoms with E-state index in [1.807, 2.05) is 20.8 Å². The van der Waals surface area contributed by atoms with Gasteiger partial charge in [0.1, 0.15) is 0 Å². The number of benzene rings is 1. The lowest BCUT2D eigenvalue weighted by Gasteiger charge is -2.21. The van der Waals surface area contributed by atoms with Gasteiger partial charge in [-0.3, -0.25) is 9.59 Å². The third-order valence-corrected chi connectivity index (χ3v) is 3.99. The van der Waals surface area contributed by atoms with Crippen molar-refractivity contribution in [3.8, 4) is 0 Å². The molecular weight excluding hydrogens is 316 g/mol. The van der Waals surface area contributed by atoms with Gasteiger partial charge < -0.3 is 15.7 Å². The van der Waals surface area contributed by atoms with Gasteiger partial charge in [0.25, 0.3) is 5.91 Å². The number of carbonyl (C=O) groups is 2. The molecule has 1 aromatic carbocycles. The first-order valence-electron chi connectivity index (χ1n) is 8.94. The van der Waals surface area contributed by atoms with Gasteiger partial charge in [-0.15, -0.1) is 0 Å². The second-order valence-electron chi connectivity index (χ2n) is 7.97. The number of para-hydroxylation sites is 1. The molecule has 0 radical (unpaired) electrons. The lowest BCUT2D eigenvalue weighted by Crippen LogP contribution is -2.32. The molecule has 0 aliphatic rings. The van der Waals surface area contributed by atoms with Gasteiger partial charge in [0.05, 0.1) is 11.3 Å². The van der Waals surface area contributed by atoms with Gasteiger partial charge in [-0.2, -0.15) is 0 Å². The smallest absolute Gasteiger partial charge is 0.253 e. The van der Waals surface area contributed by atoms with Gasteiger partial charge in [-0.1, -0.05) is 46.8 Å². The molecule has 1 atom stereocenters. The van der Waals surface area contributed by atoms with Crippen molar-refractivity contribution in [1.82, 2.24) is 5.32 Å². The minimum absolute atomic E-state index is 0.117. The molecule has 0 spiro atoms. The van der Waals surface area contributed by atoms with E-state index in [2.05, 4.69) is 24.5 Å². The fourth-order valence-electron chi connectivity index (χ4n) is 2.58. The second-order valence-corrected chi connectivity index (χ2v) is 7.97. The molecule has 1 rings (SSSR count). The Balaban J connectivity index is 2.80. The number of anilines is 1. The molecule has 2 amide bonds. The summed E-state index contributed by atoms with van der Waals surface area (Å²) in [5.41, 5.74) is 0.433. The van der Waals surface area contributed by atoms with Crippen LogP contribution < -0.4 is 10.6 Å². The predicted octanol–water partition coefficient (Wildman–Crippen LogP) is 3.45. The van der Waals surface area contributed by atoms with Gasteiger partial charge in [-0.05, 0) is 36.8 Å². The molecule has 0 bridgehead atoms. The standard InChI is InChI=1S/C20H32N2O3/c1-14(2)12-15(10-11-23)13-21-18(24)16-8-6-7-9-17(16)22-19(25)20(3,4)5/h6-9,14-15,23H,10-13H2,1-5H3,(H,21,24)(H,22,25). The van der Waals surface area contributed by atoms with Gasteiger partial charge in [0.15, 0.2) is 0 Å². The molecule has 140 valence electrons. The van der Waals surface area contributed by atoms with Crippen molar-refractivity contribution >= 4 is 17.5 Å². The Hall–Kier alpha value is -1.88. The summed E-state index contributed by atoms with van der Waals surface area (Å²) in [7, 11) is 0. The number of amides is 2. The van der Waals surface area contributed by atoms with Crippen LogP contribution in [0.4, 0.5) is 5.69 Å². The van der Waals surface area contributed by atoms with Crippen LogP contribution >= 0.6 is 0 Å². The molecule has 3 N–H and O–H groups in total. The highest BCUT2D eigenvalue weighted by Crippen LogP contribution is 2.21. The third kappa shape index (κ3) is 7.26. The van der Waals surface area contributed by atoms with Gasteiger partial charge >= 0.3 is 0 Å². The Kier molecular flexibility index (Phi) is 8.10. The van der Waals surface area contributed by atoms with Crippen LogP contribution in [0.15, 0.2) is 24.3 Å². The third-order valence-electron chi connectivity index (χ3n) is 3.99. The molecule has 1 unspecified atom stereocenters. The molecule has 0 aromatic heterocycles. The molecule has 0 saturated heterocycles. The number of hydrogen-bond acceptors (Lipinski definition) is 3. The molecule has 0 saturated carbocycles. The van der Waals surface area contributed by atoms with Crippen LogP contribution in [0.1, 0.15) is 57.8 Å².